The second kappa shape index (κ2) is 9.21. The third-order valence-corrected chi connectivity index (χ3v) is 7.44. The van der Waals surface area contributed by atoms with E-state index in [2.05, 4.69) is 4.72 Å². The number of sulfonamides is 1. The topological polar surface area (TPSA) is 108 Å². The van der Waals surface area contributed by atoms with Crippen LogP contribution >= 0.6 is 0 Å². The van der Waals surface area contributed by atoms with E-state index in [1.807, 2.05) is 42.5 Å². The molecule has 2 atom stereocenters. The molecule has 0 radical (unpaired) electrons. The van der Waals surface area contributed by atoms with Crippen molar-refractivity contribution in [1.29, 1.82) is 0 Å². The van der Waals surface area contributed by atoms with Crippen LogP contribution < -0.4 is 14.2 Å². The summed E-state index contributed by atoms with van der Waals surface area (Å²) in [7, 11) is -0.748. The Morgan fingerprint density at radius 2 is 1.61 bits per heavy atom. The number of aryl methyl sites for hydroxylation is 1. The predicted molar refractivity (Wildman–Crippen MR) is 123 cm³/mol. The van der Waals surface area contributed by atoms with Gasteiger partial charge in [0.1, 0.15) is 0 Å². The van der Waals surface area contributed by atoms with E-state index in [9.17, 15) is 18.5 Å². The lowest BCUT2D eigenvalue weighted by Gasteiger charge is -2.35. The minimum atomic E-state index is -3.90. The van der Waals surface area contributed by atoms with Gasteiger partial charge in [0.2, 0.25) is 10.0 Å². The molecule has 3 aromatic rings. The molecule has 0 unspecified atom stereocenters. The Bertz CT molecular complexity index is 1260. The predicted octanol–water partition coefficient (Wildman–Crippen LogP) is 4.04. The van der Waals surface area contributed by atoms with Crippen molar-refractivity contribution in [3.8, 4) is 11.5 Å². The summed E-state index contributed by atoms with van der Waals surface area (Å²) in [5.74, 6) is 0.964. The van der Waals surface area contributed by atoms with Gasteiger partial charge >= 0.3 is 0 Å². The molecule has 0 fully saturated rings. The second-order valence-corrected chi connectivity index (χ2v) is 9.53. The molecule has 1 aliphatic rings. The van der Waals surface area contributed by atoms with Crippen molar-refractivity contribution in [2.24, 2.45) is 0 Å². The summed E-state index contributed by atoms with van der Waals surface area (Å²) in [5.41, 5.74) is 2.86. The standard InChI is InChI=1S/C24H24N2O6S/c1-31-22-14-17-8-13-21(25-33(29,30)19-11-9-18(10-12-19)26(27)28)24(16-6-4-3-5-7-16)20(17)15-23(22)32-2/h3-7,9-12,14-15,21,24-25H,8,13H2,1-2H3/t21-,24-/m1/s1. The number of ether oxygens (including phenoxy) is 2. The zero-order valence-electron chi connectivity index (χ0n) is 18.2. The monoisotopic (exact) mass is 468 g/mol. The second-order valence-electron chi connectivity index (χ2n) is 7.81. The first-order valence-electron chi connectivity index (χ1n) is 10.4. The maximum absolute atomic E-state index is 13.2. The van der Waals surface area contributed by atoms with Gasteiger partial charge in [-0.25, -0.2) is 13.1 Å². The number of nitro benzene ring substituents is 1. The molecule has 0 aromatic heterocycles. The average Bonchev–Trinajstić information content (AvgIpc) is 2.83. The van der Waals surface area contributed by atoms with Crippen molar-refractivity contribution >= 4 is 15.7 Å². The normalized spacial score (nSPS) is 17.8. The van der Waals surface area contributed by atoms with Gasteiger partial charge < -0.3 is 9.47 Å². The highest BCUT2D eigenvalue weighted by atomic mass is 32.2. The first-order valence-corrected chi connectivity index (χ1v) is 11.9. The summed E-state index contributed by atoms with van der Waals surface area (Å²) in [6.45, 7) is 0. The smallest absolute Gasteiger partial charge is 0.269 e. The molecular weight excluding hydrogens is 444 g/mol. The first-order chi connectivity index (χ1) is 15.8. The molecule has 0 heterocycles. The van der Waals surface area contributed by atoms with Crippen LogP contribution in [0.2, 0.25) is 0 Å². The summed E-state index contributed by atoms with van der Waals surface area (Å²) >= 11 is 0. The van der Waals surface area contributed by atoms with Gasteiger partial charge in [-0.2, -0.15) is 0 Å². The molecule has 33 heavy (non-hydrogen) atoms. The Labute approximate surface area is 192 Å². The largest absolute Gasteiger partial charge is 0.493 e. The van der Waals surface area contributed by atoms with E-state index >= 15 is 0 Å². The van der Waals surface area contributed by atoms with Crippen LogP contribution in [0.1, 0.15) is 29.0 Å². The Morgan fingerprint density at radius 3 is 2.21 bits per heavy atom. The lowest BCUT2D eigenvalue weighted by atomic mass is 9.76. The summed E-state index contributed by atoms with van der Waals surface area (Å²) < 4.78 is 40.1. The number of hydrogen-bond donors (Lipinski definition) is 1. The number of fused-ring (bicyclic) bond motifs is 1. The van der Waals surface area contributed by atoms with E-state index in [-0.39, 0.29) is 16.5 Å². The number of nitro groups is 1. The Balaban J connectivity index is 1.74. The summed E-state index contributed by atoms with van der Waals surface area (Å²) in [4.78, 5) is 10.3. The molecule has 0 aliphatic heterocycles. The van der Waals surface area contributed by atoms with Crippen molar-refractivity contribution in [3.05, 3.63) is 93.5 Å². The fourth-order valence-corrected chi connectivity index (χ4v) is 5.63. The highest BCUT2D eigenvalue weighted by molar-refractivity contribution is 7.89. The van der Waals surface area contributed by atoms with Crippen molar-refractivity contribution in [2.75, 3.05) is 14.2 Å². The number of rotatable bonds is 7. The molecule has 0 bridgehead atoms. The number of benzene rings is 3. The Morgan fingerprint density at radius 1 is 0.970 bits per heavy atom. The molecule has 0 saturated carbocycles. The minimum absolute atomic E-state index is 0.0157. The van der Waals surface area contributed by atoms with Crippen LogP contribution in [0.3, 0.4) is 0 Å². The zero-order chi connectivity index (χ0) is 23.6. The van der Waals surface area contributed by atoms with Gasteiger partial charge in [0.05, 0.1) is 24.0 Å². The Hall–Kier alpha value is -3.43. The maximum Gasteiger partial charge on any atom is 0.269 e. The maximum atomic E-state index is 13.2. The van der Waals surface area contributed by atoms with Crippen LogP contribution in [0.4, 0.5) is 5.69 Å². The number of non-ortho nitro benzene ring substituents is 1. The van der Waals surface area contributed by atoms with E-state index in [1.165, 1.54) is 24.3 Å². The van der Waals surface area contributed by atoms with E-state index in [0.717, 1.165) is 16.7 Å². The molecule has 4 rings (SSSR count). The van der Waals surface area contributed by atoms with E-state index in [4.69, 9.17) is 9.47 Å². The number of nitrogens with one attached hydrogen (secondary N) is 1. The van der Waals surface area contributed by atoms with E-state index in [0.29, 0.717) is 24.3 Å². The average molecular weight is 469 g/mol. The SMILES string of the molecule is COc1cc2c(cc1OC)[C@@H](c1ccccc1)[C@H](NS(=O)(=O)c1ccc([N+](=O)[O-])cc1)CC2. The quantitative estimate of drug-likeness (QED) is 0.414. The lowest BCUT2D eigenvalue weighted by Crippen LogP contribution is -2.42. The number of nitrogens with zero attached hydrogens (tertiary/aromatic N) is 1. The van der Waals surface area contributed by atoms with Crippen LogP contribution in [0.15, 0.2) is 71.6 Å². The van der Waals surface area contributed by atoms with Crippen LogP contribution in [0.5, 0.6) is 11.5 Å². The molecule has 0 amide bonds. The van der Waals surface area contributed by atoms with Crippen molar-refractivity contribution < 1.29 is 22.8 Å². The molecular formula is C24H24N2O6S. The molecule has 172 valence electrons. The van der Waals surface area contributed by atoms with Gasteiger partial charge in [-0.3, -0.25) is 10.1 Å². The third-order valence-electron chi connectivity index (χ3n) is 5.93. The van der Waals surface area contributed by atoms with Crippen molar-refractivity contribution in [1.82, 2.24) is 4.72 Å². The van der Waals surface area contributed by atoms with Crippen LogP contribution in [-0.4, -0.2) is 33.6 Å². The summed E-state index contributed by atoms with van der Waals surface area (Å²) in [6.07, 6.45) is 1.24. The van der Waals surface area contributed by atoms with Gasteiger partial charge in [0.15, 0.2) is 11.5 Å². The number of methoxy groups -OCH3 is 2. The number of hydrogen-bond acceptors (Lipinski definition) is 6. The molecule has 1 N–H and O–H groups in total. The third kappa shape index (κ3) is 4.55. The van der Waals surface area contributed by atoms with E-state index in [1.54, 1.807) is 14.2 Å². The highest BCUT2D eigenvalue weighted by Gasteiger charge is 2.35. The first kappa shape index (κ1) is 22.8. The molecule has 3 aromatic carbocycles. The van der Waals surface area contributed by atoms with Gasteiger partial charge in [0, 0.05) is 24.1 Å². The lowest BCUT2D eigenvalue weighted by molar-refractivity contribution is -0.384. The van der Waals surface area contributed by atoms with Crippen LogP contribution in [0, 0.1) is 10.1 Å². The molecule has 1 aliphatic carbocycles. The van der Waals surface area contributed by atoms with E-state index < -0.39 is 21.0 Å². The van der Waals surface area contributed by atoms with Crippen LogP contribution in [-0.2, 0) is 16.4 Å². The molecule has 8 nitrogen and oxygen atoms in total. The molecule has 0 saturated heterocycles. The Kier molecular flexibility index (Phi) is 6.35. The van der Waals surface area contributed by atoms with Crippen LogP contribution in [0.25, 0.3) is 0 Å². The highest BCUT2D eigenvalue weighted by Crippen LogP contribution is 2.42. The van der Waals surface area contributed by atoms with Gasteiger partial charge in [-0.15, -0.1) is 0 Å². The van der Waals surface area contributed by atoms with Gasteiger partial charge in [-0.1, -0.05) is 30.3 Å². The van der Waals surface area contributed by atoms with Gasteiger partial charge in [-0.05, 0) is 53.8 Å². The zero-order valence-corrected chi connectivity index (χ0v) is 19.0. The minimum Gasteiger partial charge on any atom is -0.493 e. The summed E-state index contributed by atoms with van der Waals surface area (Å²) in [5, 5.41) is 10.9. The molecule has 9 heteroatoms. The van der Waals surface area contributed by atoms with Gasteiger partial charge in [0.25, 0.3) is 5.69 Å². The summed E-state index contributed by atoms with van der Waals surface area (Å²) in [6, 6.07) is 18.0. The molecule has 0 spiro atoms. The van der Waals surface area contributed by atoms with Crippen molar-refractivity contribution in [3.63, 3.8) is 0 Å². The fraction of sp³-hybridized carbons (Fsp3) is 0.250. The van der Waals surface area contributed by atoms with Crippen molar-refractivity contribution in [2.45, 2.75) is 29.7 Å². The fourth-order valence-electron chi connectivity index (χ4n) is 4.35.